The van der Waals surface area contributed by atoms with E-state index >= 15 is 0 Å². The van der Waals surface area contributed by atoms with Gasteiger partial charge in [-0.1, -0.05) is 97.1 Å². The van der Waals surface area contributed by atoms with Crippen LogP contribution < -0.4 is 0 Å². The number of nitrogens with one attached hydrogen (secondary N) is 1. The van der Waals surface area contributed by atoms with Gasteiger partial charge in [0.15, 0.2) is 0 Å². The largest absolute Gasteiger partial charge is 0.369 e. The zero-order chi connectivity index (χ0) is 29.1. The number of rotatable bonds is 9. The number of carbonyl (C=O) groups excluding carboxylic acids is 1. The summed E-state index contributed by atoms with van der Waals surface area (Å²) < 4.78 is 33.1. The van der Waals surface area contributed by atoms with Crippen molar-refractivity contribution in [2.24, 2.45) is 0 Å². The van der Waals surface area contributed by atoms with Crippen LogP contribution in [0.5, 0.6) is 0 Å². The third-order valence-electron chi connectivity index (χ3n) is 6.23. The topological polar surface area (TPSA) is 102 Å². The predicted octanol–water partition coefficient (Wildman–Crippen LogP) is 5.84. The average Bonchev–Trinajstić information content (AvgIpc) is 2.95. The molecule has 4 rings (SSSR count). The summed E-state index contributed by atoms with van der Waals surface area (Å²) in [4.78, 5) is 16.7. The zero-order valence-electron chi connectivity index (χ0n) is 23.0. The van der Waals surface area contributed by atoms with Crippen LogP contribution in [-0.4, -0.2) is 49.1 Å². The quantitative estimate of drug-likeness (QED) is 0.153. The molecule has 0 aliphatic rings. The number of aryl methyl sites for hydroxylation is 1. The fourth-order valence-electron chi connectivity index (χ4n) is 4.06. The van der Waals surface area contributed by atoms with E-state index < -0.39 is 10.1 Å². The third-order valence-corrected chi connectivity index (χ3v) is 7.15. The molecule has 1 amide bonds. The van der Waals surface area contributed by atoms with Crippen molar-refractivity contribution < 1.29 is 17.8 Å². The number of amides is 1. The smallest absolute Gasteiger partial charge is 0.295 e. The molecule has 0 heterocycles. The lowest BCUT2D eigenvalue weighted by molar-refractivity contribution is -0.131. The summed E-state index contributed by atoms with van der Waals surface area (Å²) in [5, 5.41) is 6.46. The fourth-order valence-corrected chi connectivity index (χ4v) is 4.77. The van der Waals surface area contributed by atoms with Crippen molar-refractivity contribution >= 4 is 22.4 Å². The van der Waals surface area contributed by atoms with Gasteiger partial charge < -0.3 is 9.80 Å². The second kappa shape index (κ2) is 14.2. The van der Waals surface area contributed by atoms with E-state index in [1.54, 1.807) is 23.1 Å². The molecule has 0 fully saturated rings. The monoisotopic (exact) mass is 557 g/mol. The van der Waals surface area contributed by atoms with Gasteiger partial charge in [-0.05, 0) is 40.8 Å². The molecule has 0 saturated carbocycles. The van der Waals surface area contributed by atoms with E-state index in [9.17, 15) is 17.8 Å². The molecule has 0 spiro atoms. The van der Waals surface area contributed by atoms with E-state index in [0.29, 0.717) is 30.6 Å². The lowest BCUT2D eigenvalue weighted by atomic mass is 10.0. The Balaban J connectivity index is 0.000000810. The molecule has 7 nitrogen and oxygen atoms in total. The molecule has 4 aromatic carbocycles. The lowest BCUT2D eigenvalue weighted by Crippen LogP contribution is -2.31. The Morgan fingerprint density at radius 1 is 0.800 bits per heavy atom. The Kier molecular flexibility index (Phi) is 10.8. The normalized spacial score (nSPS) is 10.7. The van der Waals surface area contributed by atoms with Gasteiger partial charge >= 0.3 is 0 Å². The van der Waals surface area contributed by atoms with Crippen LogP contribution in [0.15, 0.2) is 108 Å². The summed E-state index contributed by atoms with van der Waals surface area (Å²) in [5.41, 5.74) is 5.16. The highest BCUT2D eigenvalue weighted by molar-refractivity contribution is 7.86. The van der Waals surface area contributed by atoms with E-state index in [2.05, 4.69) is 0 Å². The minimum atomic E-state index is -4.34. The Bertz CT molecular complexity index is 1520. The average molecular weight is 558 g/mol. The summed E-state index contributed by atoms with van der Waals surface area (Å²) in [5.74, 6) is 0.0314. The number of hydrogen-bond donors (Lipinski definition) is 2. The number of hydrogen-bond acceptors (Lipinski definition) is 4. The maximum atomic E-state index is 13.3. The molecule has 40 heavy (non-hydrogen) atoms. The van der Waals surface area contributed by atoms with Gasteiger partial charge in [0, 0.05) is 32.7 Å². The van der Waals surface area contributed by atoms with Crippen LogP contribution in [0.3, 0.4) is 0 Å². The van der Waals surface area contributed by atoms with Crippen LogP contribution in [0.1, 0.15) is 22.3 Å². The Morgan fingerprint density at radius 2 is 1.32 bits per heavy atom. The van der Waals surface area contributed by atoms with Gasteiger partial charge in [0.25, 0.3) is 10.1 Å². The molecule has 0 bridgehead atoms. The molecule has 8 heteroatoms. The highest BCUT2D eigenvalue weighted by Gasteiger charge is 2.18. The Labute approximate surface area is 237 Å². The van der Waals surface area contributed by atoms with Gasteiger partial charge in [0.05, 0.1) is 12.8 Å². The van der Waals surface area contributed by atoms with E-state index in [0.717, 1.165) is 22.3 Å². The number of benzene rings is 4. The van der Waals surface area contributed by atoms with Crippen molar-refractivity contribution in [2.45, 2.75) is 31.3 Å². The number of carbonyl (C=O) groups is 1. The molecular formula is C32H35N3O4S. The summed E-state index contributed by atoms with van der Waals surface area (Å²) in [6, 6.07) is 31.5. The molecule has 0 atom stereocenters. The van der Waals surface area contributed by atoms with Crippen molar-refractivity contribution in [3.8, 4) is 11.1 Å². The SMILES string of the molecule is CN(C)C=N.Cc1ccccc1CC(=O)N(Cc1ccccc1)Cc1ccc(-c2ccccc2S(=O)(=O)O)cc1. The first-order valence-corrected chi connectivity index (χ1v) is 14.2. The highest BCUT2D eigenvalue weighted by Crippen LogP contribution is 2.27. The maximum absolute atomic E-state index is 13.3. The van der Waals surface area contributed by atoms with Crippen LogP contribution in [0.25, 0.3) is 11.1 Å². The van der Waals surface area contributed by atoms with Gasteiger partial charge in [-0.3, -0.25) is 14.8 Å². The van der Waals surface area contributed by atoms with Gasteiger partial charge in [-0.2, -0.15) is 8.42 Å². The van der Waals surface area contributed by atoms with Crippen LogP contribution in [0.4, 0.5) is 0 Å². The first kappa shape index (κ1) is 30.3. The van der Waals surface area contributed by atoms with Crippen LogP contribution in [0, 0.1) is 12.3 Å². The molecule has 0 aromatic heterocycles. The zero-order valence-corrected chi connectivity index (χ0v) is 23.8. The summed E-state index contributed by atoms with van der Waals surface area (Å²) in [7, 11) is -0.718. The summed E-state index contributed by atoms with van der Waals surface area (Å²) in [6.45, 7) is 2.91. The van der Waals surface area contributed by atoms with E-state index in [-0.39, 0.29) is 10.8 Å². The summed E-state index contributed by atoms with van der Waals surface area (Å²) in [6.07, 6.45) is 1.57. The number of nitrogens with zero attached hydrogens (tertiary/aromatic N) is 2. The minimum Gasteiger partial charge on any atom is -0.369 e. The molecule has 0 radical (unpaired) electrons. The second-order valence-electron chi connectivity index (χ2n) is 9.60. The van der Waals surface area contributed by atoms with Crippen LogP contribution >= 0.6 is 0 Å². The molecule has 0 aliphatic heterocycles. The van der Waals surface area contributed by atoms with Gasteiger partial charge in [0.1, 0.15) is 4.90 Å². The van der Waals surface area contributed by atoms with Crippen molar-refractivity contribution in [3.63, 3.8) is 0 Å². The second-order valence-corrected chi connectivity index (χ2v) is 11.0. The molecule has 0 aliphatic carbocycles. The van der Waals surface area contributed by atoms with Crippen LogP contribution in [0.2, 0.25) is 0 Å². The van der Waals surface area contributed by atoms with E-state index in [1.165, 1.54) is 12.4 Å². The molecule has 2 N–H and O–H groups in total. The first-order chi connectivity index (χ1) is 19.1. The summed E-state index contributed by atoms with van der Waals surface area (Å²) >= 11 is 0. The van der Waals surface area contributed by atoms with E-state index in [1.807, 2.05) is 105 Å². The highest BCUT2D eigenvalue weighted by atomic mass is 32.2. The Morgan fingerprint density at radius 3 is 1.90 bits per heavy atom. The molecular weight excluding hydrogens is 522 g/mol. The predicted molar refractivity (Wildman–Crippen MR) is 160 cm³/mol. The molecule has 208 valence electrons. The standard InChI is InChI=1S/C29H27NO4S.C3H8N2/c1-22-9-5-6-12-26(22)19-29(31)30(20-23-10-3-2-4-11-23)21-24-15-17-25(18-16-24)27-13-7-8-14-28(27)35(32,33)34;1-5(2)3-4/h2-18H,19-21H2,1H3,(H,32,33,34);3-4H,1-2H3. The van der Waals surface area contributed by atoms with Crippen molar-refractivity contribution in [1.29, 1.82) is 5.41 Å². The molecule has 0 unspecified atom stereocenters. The van der Waals surface area contributed by atoms with E-state index in [4.69, 9.17) is 5.41 Å². The lowest BCUT2D eigenvalue weighted by Gasteiger charge is -2.24. The molecule has 4 aromatic rings. The fraction of sp³-hybridized carbons (Fsp3) is 0.188. The van der Waals surface area contributed by atoms with Crippen molar-refractivity contribution in [3.05, 3.63) is 125 Å². The third kappa shape index (κ3) is 8.90. The Hall–Kier alpha value is -4.27. The van der Waals surface area contributed by atoms with Gasteiger partial charge in [-0.15, -0.1) is 0 Å². The minimum absolute atomic E-state index is 0.0314. The van der Waals surface area contributed by atoms with Gasteiger partial charge in [0.2, 0.25) is 5.91 Å². The van der Waals surface area contributed by atoms with Crippen molar-refractivity contribution in [2.75, 3.05) is 14.1 Å². The van der Waals surface area contributed by atoms with Crippen molar-refractivity contribution in [1.82, 2.24) is 9.80 Å². The van der Waals surface area contributed by atoms with Crippen LogP contribution in [-0.2, 0) is 34.4 Å². The maximum Gasteiger partial charge on any atom is 0.295 e. The molecule has 0 saturated heterocycles. The van der Waals surface area contributed by atoms with Gasteiger partial charge in [-0.25, -0.2) is 0 Å². The first-order valence-electron chi connectivity index (χ1n) is 12.8.